The number of carboxylic acids is 1. The zero-order chi connectivity index (χ0) is 29.4. The summed E-state index contributed by atoms with van der Waals surface area (Å²) in [6, 6.07) is 20.4. The predicted molar refractivity (Wildman–Crippen MR) is 170 cm³/mol. The van der Waals surface area contributed by atoms with Crippen LogP contribution in [-0.4, -0.2) is 43.9 Å². The molecule has 0 fully saturated rings. The van der Waals surface area contributed by atoms with Crippen LogP contribution >= 0.6 is 0 Å². The number of aromatic nitrogens is 2. The summed E-state index contributed by atoms with van der Waals surface area (Å²) in [4.78, 5) is 25.2. The van der Waals surface area contributed by atoms with Gasteiger partial charge < -0.3 is 14.6 Å². The first-order valence-corrected chi connectivity index (χ1v) is 15.3. The molecule has 0 saturated heterocycles. The van der Waals surface area contributed by atoms with Crippen LogP contribution in [0.5, 0.6) is 0 Å². The van der Waals surface area contributed by atoms with Gasteiger partial charge in [0.2, 0.25) is 0 Å². The summed E-state index contributed by atoms with van der Waals surface area (Å²) >= 11 is 0. The first-order chi connectivity index (χ1) is 20.3. The Morgan fingerprint density at radius 2 is 1.88 bits per heavy atom. The molecule has 6 heteroatoms. The highest BCUT2D eigenvalue weighted by Gasteiger charge is 2.34. The molecule has 0 saturated carbocycles. The molecule has 216 valence electrons. The van der Waals surface area contributed by atoms with Crippen LogP contribution in [0.4, 0.5) is 0 Å². The van der Waals surface area contributed by atoms with Gasteiger partial charge in [-0.2, -0.15) is 0 Å². The SMILES string of the molecule is CCCc1nc2c(C)cc(C3=NC4=CCCCC4N3CC(C)C)cc2n1Cc1ccc(-c2ccccc2)c(C(=O)O)c1. The molecule has 6 nitrogen and oxygen atoms in total. The summed E-state index contributed by atoms with van der Waals surface area (Å²) in [5.74, 6) is 1.71. The number of fused-ring (bicyclic) bond motifs is 2. The number of aryl methyl sites for hydroxylation is 2. The number of hydrogen-bond donors (Lipinski definition) is 1. The lowest BCUT2D eigenvalue weighted by Crippen LogP contribution is -2.39. The van der Waals surface area contributed by atoms with Crippen LogP contribution in [0.25, 0.3) is 22.2 Å². The average molecular weight is 561 g/mol. The lowest BCUT2D eigenvalue weighted by molar-refractivity contribution is 0.0697. The molecule has 1 N–H and O–H groups in total. The summed E-state index contributed by atoms with van der Waals surface area (Å²) in [7, 11) is 0. The first kappa shape index (κ1) is 28.0. The van der Waals surface area contributed by atoms with Crippen molar-refractivity contribution in [3.05, 3.63) is 101 Å². The molecular weight excluding hydrogens is 520 g/mol. The number of nitrogens with zero attached hydrogens (tertiary/aromatic N) is 4. The van der Waals surface area contributed by atoms with Gasteiger partial charge in [-0.1, -0.05) is 69.3 Å². The van der Waals surface area contributed by atoms with Crippen molar-refractivity contribution >= 4 is 22.8 Å². The third-order valence-corrected chi connectivity index (χ3v) is 8.42. The summed E-state index contributed by atoms with van der Waals surface area (Å²) in [5.41, 5.74) is 8.47. The van der Waals surface area contributed by atoms with Gasteiger partial charge in [-0.05, 0) is 79.0 Å². The van der Waals surface area contributed by atoms with E-state index in [4.69, 9.17) is 9.98 Å². The Bertz CT molecular complexity index is 1700. The van der Waals surface area contributed by atoms with E-state index in [1.165, 1.54) is 12.1 Å². The van der Waals surface area contributed by atoms with Gasteiger partial charge in [-0.15, -0.1) is 0 Å². The van der Waals surface area contributed by atoms with Crippen molar-refractivity contribution < 1.29 is 9.90 Å². The van der Waals surface area contributed by atoms with Gasteiger partial charge >= 0.3 is 5.97 Å². The molecular formula is C36H40N4O2. The number of aromatic carboxylic acids is 1. The van der Waals surface area contributed by atoms with Crippen LogP contribution in [0.2, 0.25) is 0 Å². The number of carboxylic acid groups (broad SMARTS) is 1. The van der Waals surface area contributed by atoms with Gasteiger partial charge in [0, 0.05) is 25.1 Å². The number of carbonyl (C=O) groups is 1. The summed E-state index contributed by atoms with van der Waals surface area (Å²) in [6.07, 6.45) is 7.61. The Hall–Kier alpha value is -4.19. The fourth-order valence-electron chi connectivity index (χ4n) is 6.53. The topological polar surface area (TPSA) is 70.7 Å². The normalized spacial score (nSPS) is 16.6. The molecule has 6 rings (SSSR count). The van der Waals surface area contributed by atoms with Crippen molar-refractivity contribution in [2.45, 2.75) is 72.4 Å². The minimum atomic E-state index is -0.918. The maximum Gasteiger partial charge on any atom is 0.336 e. The number of benzene rings is 3. The zero-order valence-electron chi connectivity index (χ0n) is 25.1. The van der Waals surface area contributed by atoms with E-state index in [1.807, 2.05) is 42.5 Å². The predicted octanol–water partition coefficient (Wildman–Crippen LogP) is 7.87. The fourth-order valence-corrected chi connectivity index (χ4v) is 6.53. The Morgan fingerprint density at radius 1 is 1.07 bits per heavy atom. The van der Waals surface area contributed by atoms with Crippen molar-refractivity contribution in [1.29, 1.82) is 0 Å². The molecule has 0 radical (unpaired) electrons. The van der Waals surface area contributed by atoms with Gasteiger partial charge in [0.25, 0.3) is 0 Å². The molecule has 1 aliphatic heterocycles. The Labute approximate surface area is 248 Å². The van der Waals surface area contributed by atoms with E-state index in [-0.39, 0.29) is 0 Å². The van der Waals surface area contributed by atoms with Crippen molar-refractivity contribution in [3.8, 4) is 11.1 Å². The molecule has 0 spiro atoms. The lowest BCUT2D eigenvalue weighted by atomic mass is 9.97. The maximum atomic E-state index is 12.3. The van der Waals surface area contributed by atoms with Crippen molar-refractivity contribution in [3.63, 3.8) is 0 Å². The van der Waals surface area contributed by atoms with Crippen molar-refractivity contribution in [2.75, 3.05) is 6.54 Å². The van der Waals surface area contributed by atoms with E-state index < -0.39 is 5.97 Å². The molecule has 2 aliphatic rings. The highest BCUT2D eigenvalue weighted by Crippen LogP contribution is 2.34. The second kappa shape index (κ2) is 11.6. The monoisotopic (exact) mass is 560 g/mol. The Kier molecular flexibility index (Phi) is 7.72. The fraction of sp³-hybridized carbons (Fsp3) is 0.361. The second-order valence-electron chi connectivity index (χ2n) is 12.1. The molecule has 1 unspecified atom stereocenters. The van der Waals surface area contributed by atoms with E-state index in [2.05, 4.69) is 61.4 Å². The van der Waals surface area contributed by atoms with E-state index in [0.717, 1.165) is 82.7 Å². The molecule has 0 bridgehead atoms. The average Bonchev–Trinajstić information content (AvgIpc) is 3.52. The Balaban J connectivity index is 1.44. The zero-order valence-corrected chi connectivity index (χ0v) is 25.1. The van der Waals surface area contributed by atoms with Crippen LogP contribution in [0, 0.1) is 12.8 Å². The summed E-state index contributed by atoms with van der Waals surface area (Å²) in [6.45, 7) is 10.4. The second-order valence-corrected chi connectivity index (χ2v) is 12.1. The van der Waals surface area contributed by atoms with E-state index >= 15 is 0 Å². The van der Waals surface area contributed by atoms with Gasteiger partial charge in [-0.3, -0.25) is 0 Å². The molecule has 1 atom stereocenters. The van der Waals surface area contributed by atoms with Gasteiger partial charge in [0.05, 0.1) is 28.3 Å². The molecule has 3 aromatic carbocycles. The number of aliphatic imine (C=N–C) groups is 1. The highest BCUT2D eigenvalue weighted by atomic mass is 16.4. The number of imidazole rings is 1. The minimum Gasteiger partial charge on any atom is -0.478 e. The third kappa shape index (κ3) is 5.26. The highest BCUT2D eigenvalue weighted by molar-refractivity contribution is 6.04. The first-order valence-electron chi connectivity index (χ1n) is 15.3. The van der Waals surface area contributed by atoms with E-state index in [9.17, 15) is 9.90 Å². The van der Waals surface area contributed by atoms with Crippen LogP contribution in [0.15, 0.2) is 77.4 Å². The van der Waals surface area contributed by atoms with Crippen molar-refractivity contribution in [1.82, 2.24) is 14.5 Å². The quantitative estimate of drug-likeness (QED) is 0.226. The molecule has 1 aromatic heterocycles. The number of hydrogen-bond acceptors (Lipinski definition) is 4. The van der Waals surface area contributed by atoms with Crippen LogP contribution < -0.4 is 0 Å². The number of rotatable bonds is 9. The minimum absolute atomic E-state index is 0.317. The van der Waals surface area contributed by atoms with Crippen LogP contribution in [0.3, 0.4) is 0 Å². The van der Waals surface area contributed by atoms with Gasteiger partial charge in [-0.25, -0.2) is 14.8 Å². The maximum absolute atomic E-state index is 12.3. The Morgan fingerprint density at radius 3 is 2.62 bits per heavy atom. The van der Waals surface area contributed by atoms with Crippen LogP contribution in [0.1, 0.15) is 79.3 Å². The molecule has 2 heterocycles. The van der Waals surface area contributed by atoms with E-state index in [0.29, 0.717) is 24.1 Å². The molecule has 1 aliphatic carbocycles. The summed E-state index contributed by atoms with van der Waals surface area (Å²) < 4.78 is 2.28. The molecule has 42 heavy (non-hydrogen) atoms. The van der Waals surface area contributed by atoms with Gasteiger partial charge in [0.1, 0.15) is 11.7 Å². The number of amidine groups is 1. The molecule has 4 aromatic rings. The largest absolute Gasteiger partial charge is 0.478 e. The van der Waals surface area contributed by atoms with Crippen LogP contribution in [-0.2, 0) is 13.0 Å². The summed E-state index contributed by atoms with van der Waals surface area (Å²) in [5, 5.41) is 10.1. The smallest absolute Gasteiger partial charge is 0.336 e. The van der Waals surface area contributed by atoms with E-state index in [1.54, 1.807) is 0 Å². The number of allylic oxidation sites excluding steroid dienone is 1. The van der Waals surface area contributed by atoms with Crippen molar-refractivity contribution in [2.24, 2.45) is 10.9 Å². The third-order valence-electron chi connectivity index (χ3n) is 8.42. The van der Waals surface area contributed by atoms with Gasteiger partial charge in [0.15, 0.2) is 0 Å². The molecule has 0 amide bonds. The standard InChI is InChI=1S/C36H40N4O2/c1-5-11-33-38-34-24(4)18-27(35-37-30-14-9-10-15-31(30)40(35)21-23(2)3)20-32(34)39(33)22-25-16-17-28(29(19-25)36(41)42)26-12-7-6-8-13-26/h6-8,12-14,16-20,23,31H,5,9-11,15,21-22H2,1-4H3,(H,41,42). The lowest BCUT2D eigenvalue weighted by Gasteiger charge is -2.31.